The van der Waals surface area contributed by atoms with Gasteiger partial charge in [-0.25, -0.2) is 17.9 Å². The Bertz CT molecular complexity index is 1170. The first kappa shape index (κ1) is 21.7. The molecule has 5 rings (SSSR count). The number of aromatic nitrogens is 2. The van der Waals surface area contributed by atoms with E-state index in [9.17, 15) is 18.0 Å². The Kier molecular flexibility index (Phi) is 5.93. The Hall–Kier alpha value is -3.13. The molecule has 1 N–H and O–H groups in total. The first-order valence-electron chi connectivity index (χ1n) is 11.3. The Morgan fingerprint density at radius 2 is 1.76 bits per heavy atom. The topological polar surface area (TPSA) is 50.2 Å². The van der Waals surface area contributed by atoms with Crippen molar-refractivity contribution in [1.29, 1.82) is 0 Å². The molecule has 1 aliphatic heterocycles. The number of piperidine rings is 1. The van der Waals surface area contributed by atoms with Gasteiger partial charge in [-0.05, 0) is 74.1 Å². The van der Waals surface area contributed by atoms with Crippen LogP contribution in [0, 0.1) is 17.5 Å². The van der Waals surface area contributed by atoms with Crippen molar-refractivity contribution < 1.29 is 18.0 Å². The van der Waals surface area contributed by atoms with Crippen molar-refractivity contribution in [1.82, 2.24) is 20.0 Å². The lowest BCUT2D eigenvalue weighted by atomic mass is 10.0. The van der Waals surface area contributed by atoms with E-state index < -0.39 is 11.6 Å². The van der Waals surface area contributed by atoms with E-state index in [1.165, 1.54) is 18.2 Å². The first-order chi connectivity index (χ1) is 16.0. The van der Waals surface area contributed by atoms with Crippen LogP contribution in [0.5, 0.6) is 0 Å². The third-order valence-electron chi connectivity index (χ3n) is 6.53. The van der Waals surface area contributed by atoms with Gasteiger partial charge in [0.1, 0.15) is 5.82 Å². The average Bonchev–Trinajstić information content (AvgIpc) is 3.41. The molecule has 5 nitrogen and oxygen atoms in total. The van der Waals surface area contributed by atoms with Crippen molar-refractivity contribution in [2.75, 3.05) is 13.1 Å². The van der Waals surface area contributed by atoms with Crippen LogP contribution >= 0.6 is 0 Å². The van der Waals surface area contributed by atoms with E-state index in [0.29, 0.717) is 12.2 Å². The standard InChI is InChI=1S/C25H25F3N4O/c26-17-5-7-19(8-6-17)32-23-3-1-2-20(23)24(30-32)25(33)29-18-10-12-31(13-11-18)15-16-4-9-21(27)22(28)14-16/h4-9,14,18H,1-3,10-13,15H2,(H,29,33). The Balaban J connectivity index is 1.22. The molecule has 1 fully saturated rings. The molecule has 8 heteroatoms. The molecule has 33 heavy (non-hydrogen) atoms. The fraction of sp³-hybridized carbons (Fsp3) is 0.360. The number of hydrogen-bond donors (Lipinski definition) is 1. The van der Waals surface area contributed by atoms with Gasteiger partial charge in [-0.15, -0.1) is 0 Å². The molecule has 2 heterocycles. The second-order valence-electron chi connectivity index (χ2n) is 8.79. The summed E-state index contributed by atoms with van der Waals surface area (Å²) in [4.78, 5) is 15.3. The zero-order valence-corrected chi connectivity index (χ0v) is 18.2. The van der Waals surface area contributed by atoms with Gasteiger partial charge >= 0.3 is 0 Å². The molecule has 1 aromatic heterocycles. The summed E-state index contributed by atoms with van der Waals surface area (Å²) in [6, 6.07) is 10.2. The highest BCUT2D eigenvalue weighted by Crippen LogP contribution is 2.28. The molecule has 1 aliphatic carbocycles. The quantitative estimate of drug-likeness (QED) is 0.630. The third-order valence-corrected chi connectivity index (χ3v) is 6.53. The summed E-state index contributed by atoms with van der Waals surface area (Å²) in [6.45, 7) is 2.06. The second-order valence-corrected chi connectivity index (χ2v) is 8.79. The minimum atomic E-state index is -0.839. The molecular weight excluding hydrogens is 429 g/mol. The van der Waals surface area contributed by atoms with Gasteiger partial charge in [0.05, 0.1) is 5.69 Å². The van der Waals surface area contributed by atoms with Crippen LogP contribution in [0.4, 0.5) is 13.2 Å². The van der Waals surface area contributed by atoms with Crippen molar-refractivity contribution in [3.63, 3.8) is 0 Å². The molecule has 172 valence electrons. The summed E-state index contributed by atoms with van der Waals surface area (Å²) >= 11 is 0. The number of hydrogen-bond acceptors (Lipinski definition) is 3. The molecule has 3 aromatic rings. The van der Waals surface area contributed by atoms with Gasteiger partial charge in [0, 0.05) is 36.9 Å². The monoisotopic (exact) mass is 454 g/mol. The van der Waals surface area contributed by atoms with Crippen LogP contribution < -0.4 is 5.32 Å². The van der Waals surface area contributed by atoms with Gasteiger partial charge in [-0.1, -0.05) is 6.07 Å². The molecule has 0 radical (unpaired) electrons. The molecule has 2 aliphatic rings. The lowest BCUT2D eigenvalue weighted by molar-refractivity contribution is 0.0902. The average molecular weight is 454 g/mol. The van der Waals surface area contributed by atoms with Crippen molar-refractivity contribution >= 4 is 5.91 Å². The van der Waals surface area contributed by atoms with Crippen LogP contribution in [0.15, 0.2) is 42.5 Å². The highest BCUT2D eigenvalue weighted by atomic mass is 19.2. The number of carbonyl (C=O) groups is 1. The van der Waals surface area contributed by atoms with Gasteiger partial charge < -0.3 is 5.32 Å². The molecule has 0 spiro atoms. The van der Waals surface area contributed by atoms with Crippen molar-refractivity contribution in [3.05, 3.63) is 82.4 Å². The van der Waals surface area contributed by atoms with Crippen LogP contribution in [-0.2, 0) is 19.4 Å². The largest absolute Gasteiger partial charge is 0.348 e. The van der Waals surface area contributed by atoms with Crippen LogP contribution in [0.25, 0.3) is 5.69 Å². The lowest BCUT2D eigenvalue weighted by Crippen LogP contribution is -2.44. The molecule has 0 saturated carbocycles. The fourth-order valence-electron chi connectivity index (χ4n) is 4.80. The maximum absolute atomic E-state index is 13.5. The third kappa shape index (κ3) is 4.53. The van der Waals surface area contributed by atoms with Gasteiger partial charge in [0.25, 0.3) is 5.91 Å². The van der Waals surface area contributed by atoms with Gasteiger partial charge in [0.2, 0.25) is 0 Å². The summed E-state index contributed by atoms with van der Waals surface area (Å²) in [7, 11) is 0. The molecule has 1 amide bonds. The van der Waals surface area contributed by atoms with Crippen LogP contribution in [0.1, 0.15) is 46.6 Å². The number of benzene rings is 2. The van der Waals surface area contributed by atoms with E-state index in [4.69, 9.17) is 0 Å². The van der Waals surface area contributed by atoms with Crippen molar-refractivity contribution in [2.45, 2.75) is 44.7 Å². The van der Waals surface area contributed by atoms with Gasteiger partial charge in [0.15, 0.2) is 17.3 Å². The highest BCUT2D eigenvalue weighted by molar-refractivity contribution is 5.94. The van der Waals surface area contributed by atoms with Gasteiger partial charge in [-0.3, -0.25) is 9.69 Å². The van der Waals surface area contributed by atoms with Crippen LogP contribution in [0.3, 0.4) is 0 Å². The second kappa shape index (κ2) is 9.02. The van der Waals surface area contributed by atoms with Crippen molar-refractivity contribution in [3.8, 4) is 5.69 Å². The molecular formula is C25H25F3N4O. The Morgan fingerprint density at radius 1 is 1.00 bits per heavy atom. The van der Waals surface area contributed by atoms with Crippen LogP contribution in [0.2, 0.25) is 0 Å². The number of halogens is 3. The summed E-state index contributed by atoms with van der Waals surface area (Å²) in [5.41, 5.74) is 3.94. The maximum atomic E-state index is 13.5. The number of fused-ring (bicyclic) bond motifs is 1. The van der Waals surface area contributed by atoms with Gasteiger partial charge in [-0.2, -0.15) is 5.10 Å². The van der Waals surface area contributed by atoms with Crippen molar-refractivity contribution in [2.24, 2.45) is 0 Å². The molecule has 0 bridgehead atoms. The number of nitrogens with zero attached hydrogens (tertiary/aromatic N) is 3. The molecule has 0 atom stereocenters. The number of nitrogens with one attached hydrogen (secondary N) is 1. The lowest BCUT2D eigenvalue weighted by Gasteiger charge is -2.32. The predicted octanol–water partition coefficient (Wildman–Crippen LogP) is 4.17. The minimum Gasteiger partial charge on any atom is -0.348 e. The first-order valence-corrected chi connectivity index (χ1v) is 11.3. The maximum Gasteiger partial charge on any atom is 0.272 e. The number of likely N-dealkylation sites (tertiary alicyclic amines) is 1. The van der Waals surface area contributed by atoms with Crippen LogP contribution in [-0.4, -0.2) is 39.7 Å². The minimum absolute atomic E-state index is 0.0340. The SMILES string of the molecule is O=C(NC1CCN(Cc2ccc(F)c(F)c2)CC1)c1nn(-c2ccc(F)cc2)c2c1CCC2. The van der Waals surface area contributed by atoms with E-state index in [0.717, 1.165) is 73.8 Å². The zero-order chi connectivity index (χ0) is 22.9. The summed E-state index contributed by atoms with van der Waals surface area (Å²) in [5.74, 6) is -2.15. The molecule has 1 saturated heterocycles. The van der Waals surface area contributed by atoms with E-state index >= 15 is 0 Å². The Morgan fingerprint density at radius 3 is 2.48 bits per heavy atom. The fourth-order valence-corrected chi connectivity index (χ4v) is 4.80. The summed E-state index contributed by atoms with van der Waals surface area (Å²) < 4.78 is 41.7. The van der Waals surface area contributed by atoms with E-state index in [-0.39, 0.29) is 17.8 Å². The number of carbonyl (C=O) groups excluding carboxylic acids is 1. The predicted molar refractivity (Wildman–Crippen MR) is 118 cm³/mol. The zero-order valence-electron chi connectivity index (χ0n) is 18.2. The van der Waals surface area contributed by atoms with E-state index in [1.54, 1.807) is 22.9 Å². The highest BCUT2D eigenvalue weighted by Gasteiger charge is 2.29. The summed E-state index contributed by atoms with van der Waals surface area (Å²) in [6.07, 6.45) is 4.17. The smallest absolute Gasteiger partial charge is 0.272 e. The van der Waals surface area contributed by atoms with E-state index in [1.807, 2.05) is 0 Å². The Labute approximate surface area is 190 Å². The normalized spacial score (nSPS) is 16.7. The summed E-state index contributed by atoms with van der Waals surface area (Å²) in [5, 5.41) is 7.72. The number of amides is 1. The number of rotatable bonds is 5. The molecule has 0 unspecified atom stereocenters. The van der Waals surface area contributed by atoms with E-state index in [2.05, 4.69) is 15.3 Å². The molecule has 2 aromatic carbocycles.